The molecule has 0 aliphatic rings. The molecule has 3 heteroatoms. The van der Waals surface area contributed by atoms with Gasteiger partial charge in [-0.15, -0.1) is 0 Å². The molecule has 3 nitrogen and oxygen atoms in total. The Morgan fingerprint density at radius 3 is 1.43 bits per heavy atom. The predicted octanol–water partition coefficient (Wildman–Crippen LogP) is 16.8. The minimum absolute atomic E-state index is 0.887. The van der Waals surface area contributed by atoms with Crippen LogP contribution in [0.3, 0.4) is 0 Å². The van der Waals surface area contributed by atoms with Gasteiger partial charge < -0.3 is 13.9 Å². The third-order valence-electron chi connectivity index (χ3n) is 12.4. The second kappa shape index (κ2) is 15.3. The second-order valence-corrected chi connectivity index (χ2v) is 16.2. The Morgan fingerprint density at radius 2 is 0.730 bits per heavy atom. The van der Waals surface area contributed by atoms with E-state index in [0.29, 0.717) is 0 Å². The van der Waals surface area contributed by atoms with Crippen molar-refractivity contribution in [1.29, 1.82) is 0 Å². The number of furan rings is 1. The first-order valence-electron chi connectivity index (χ1n) is 21.5. The Labute approximate surface area is 366 Å². The predicted molar refractivity (Wildman–Crippen MR) is 264 cm³/mol. The van der Waals surface area contributed by atoms with Crippen LogP contribution < -0.4 is 4.90 Å². The lowest BCUT2D eigenvalue weighted by Gasteiger charge is -2.26. The largest absolute Gasteiger partial charge is 0.456 e. The summed E-state index contributed by atoms with van der Waals surface area (Å²) >= 11 is 0. The molecule has 296 valence electrons. The van der Waals surface area contributed by atoms with Gasteiger partial charge in [0.05, 0.1) is 11.0 Å². The average molecular weight is 805 g/mol. The molecule has 0 unspecified atom stereocenters. The molecule has 2 heterocycles. The van der Waals surface area contributed by atoms with Crippen LogP contribution in [0.2, 0.25) is 0 Å². The fourth-order valence-electron chi connectivity index (χ4n) is 9.30. The van der Waals surface area contributed by atoms with Gasteiger partial charge in [0.25, 0.3) is 0 Å². The zero-order valence-electron chi connectivity index (χ0n) is 34.4. The van der Waals surface area contributed by atoms with Gasteiger partial charge in [-0.2, -0.15) is 0 Å². The number of hydrogen-bond donors (Lipinski definition) is 0. The standard InChI is InChI=1S/C60H40N2O/c1-4-14-41(15-5-1)42-24-30-51(31-25-42)61(49-16-6-2-7-17-49)52-32-26-43(27-33-52)46-36-47(38-48(37-46)45-28-34-55-54-21-11-13-23-59(54)63-60(55)40-45)44-29-35-58-56(39-44)53-20-10-12-22-57(53)62(58)50-18-8-3-9-19-50/h1-40H. The first-order valence-corrected chi connectivity index (χ1v) is 21.5. The van der Waals surface area contributed by atoms with E-state index in [2.05, 4.69) is 240 Å². The van der Waals surface area contributed by atoms with Gasteiger partial charge in [0.1, 0.15) is 11.2 Å². The Bertz CT molecular complexity index is 3590. The lowest BCUT2D eigenvalue weighted by atomic mass is 9.92. The van der Waals surface area contributed by atoms with Crippen LogP contribution in [-0.4, -0.2) is 4.57 Å². The summed E-state index contributed by atoms with van der Waals surface area (Å²) in [4.78, 5) is 2.32. The molecule has 0 aliphatic carbocycles. The van der Waals surface area contributed by atoms with Gasteiger partial charge in [0.2, 0.25) is 0 Å². The normalized spacial score (nSPS) is 11.5. The zero-order chi connectivity index (χ0) is 41.7. The number of aromatic nitrogens is 1. The zero-order valence-corrected chi connectivity index (χ0v) is 34.4. The first-order chi connectivity index (χ1) is 31.2. The number of para-hydroxylation sites is 4. The Morgan fingerprint density at radius 1 is 0.270 bits per heavy atom. The molecule has 10 aromatic carbocycles. The highest BCUT2D eigenvalue weighted by atomic mass is 16.3. The smallest absolute Gasteiger partial charge is 0.136 e. The molecule has 2 aromatic heterocycles. The summed E-state index contributed by atoms with van der Waals surface area (Å²) in [7, 11) is 0. The van der Waals surface area contributed by atoms with Crippen molar-refractivity contribution < 1.29 is 4.42 Å². The summed E-state index contributed by atoms with van der Waals surface area (Å²) in [6.07, 6.45) is 0. The molecule has 0 fully saturated rings. The Kier molecular flexibility index (Phi) is 8.83. The van der Waals surface area contributed by atoms with Crippen molar-refractivity contribution >= 4 is 60.8 Å². The number of hydrogen-bond acceptors (Lipinski definition) is 2. The third kappa shape index (κ3) is 6.55. The summed E-state index contributed by atoms with van der Waals surface area (Å²) in [5.74, 6) is 0. The minimum atomic E-state index is 0.887. The van der Waals surface area contributed by atoms with Gasteiger partial charge in [-0.3, -0.25) is 0 Å². The number of benzene rings is 10. The third-order valence-corrected chi connectivity index (χ3v) is 12.4. The first kappa shape index (κ1) is 36.5. The number of rotatable bonds is 8. The molecule has 0 saturated heterocycles. The van der Waals surface area contributed by atoms with E-state index < -0.39 is 0 Å². The average Bonchev–Trinajstić information content (AvgIpc) is 3.90. The summed E-state index contributed by atoms with van der Waals surface area (Å²) < 4.78 is 8.77. The Balaban J connectivity index is 0.986. The number of nitrogens with zero attached hydrogens (tertiary/aromatic N) is 2. The molecule has 0 spiro atoms. The SMILES string of the molecule is c1ccc(-c2ccc(N(c3ccccc3)c3ccc(-c4cc(-c5ccc6c(c5)oc5ccccc56)cc(-c5ccc6c(c5)c5ccccc5n6-c5ccccc5)c4)cc3)cc2)cc1. The summed E-state index contributed by atoms with van der Waals surface area (Å²) in [6.45, 7) is 0. The van der Waals surface area contributed by atoms with E-state index in [1.807, 2.05) is 12.1 Å². The van der Waals surface area contributed by atoms with E-state index in [0.717, 1.165) is 78.1 Å². The summed E-state index contributed by atoms with van der Waals surface area (Å²) in [5.41, 5.74) is 17.9. The molecule has 0 N–H and O–H groups in total. The molecule has 0 amide bonds. The minimum Gasteiger partial charge on any atom is -0.456 e. The van der Waals surface area contributed by atoms with Crippen LogP contribution in [0.15, 0.2) is 247 Å². The van der Waals surface area contributed by atoms with E-state index in [1.165, 1.54) is 32.9 Å². The molecule has 0 radical (unpaired) electrons. The van der Waals surface area contributed by atoms with Crippen LogP contribution in [0.25, 0.3) is 93.9 Å². The van der Waals surface area contributed by atoms with Gasteiger partial charge in [-0.25, -0.2) is 0 Å². The van der Waals surface area contributed by atoms with Gasteiger partial charge in [0.15, 0.2) is 0 Å². The maximum absolute atomic E-state index is 6.40. The lowest BCUT2D eigenvalue weighted by molar-refractivity contribution is 0.669. The van der Waals surface area contributed by atoms with Crippen molar-refractivity contribution in [2.24, 2.45) is 0 Å². The molecule has 0 saturated carbocycles. The van der Waals surface area contributed by atoms with Crippen LogP contribution in [0.1, 0.15) is 0 Å². The van der Waals surface area contributed by atoms with Crippen LogP contribution in [0.5, 0.6) is 0 Å². The van der Waals surface area contributed by atoms with Crippen molar-refractivity contribution in [2.75, 3.05) is 4.90 Å². The topological polar surface area (TPSA) is 21.3 Å². The van der Waals surface area contributed by atoms with Crippen LogP contribution in [0, 0.1) is 0 Å². The maximum Gasteiger partial charge on any atom is 0.136 e. The molecule has 0 bridgehead atoms. The van der Waals surface area contributed by atoms with Crippen LogP contribution >= 0.6 is 0 Å². The van der Waals surface area contributed by atoms with Gasteiger partial charge in [0, 0.05) is 44.3 Å². The molecule has 63 heavy (non-hydrogen) atoms. The maximum atomic E-state index is 6.40. The highest BCUT2D eigenvalue weighted by Gasteiger charge is 2.17. The van der Waals surface area contributed by atoms with Crippen molar-refractivity contribution in [3.05, 3.63) is 243 Å². The number of anilines is 3. The van der Waals surface area contributed by atoms with E-state index in [4.69, 9.17) is 4.42 Å². The lowest BCUT2D eigenvalue weighted by Crippen LogP contribution is -2.09. The number of fused-ring (bicyclic) bond motifs is 6. The molecule has 0 atom stereocenters. The quantitative estimate of drug-likeness (QED) is 0.153. The molecular formula is C60H40N2O. The van der Waals surface area contributed by atoms with Gasteiger partial charge >= 0.3 is 0 Å². The monoisotopic (exact) mass is 804 g/mol. The van der Waals surface area contributed by atoms with E-state index in [1.54, 1.807) is 0 Å². The molecular weight excluding hydrogens is 765 g/mol. The van der Waals surface area contributed by atoms with E-state index in [-0.39, 0.29) is 0 Å². The fraction of sp³-hybridized carbons (Fsp3) is 0. The van der Waals surface area contributed by atoms with E-state index >= 15 is 0 Å². The molecule has 12 aromatic rings. The highest BCUT2D eigenvalue weighted by molar-refractivity contribution is 6.11. The van der Waals surface area contributed by atoms with Crippen molar-refractivity contribution in [2.45, 2.75) is 0 Å². The van der Waals surface area contributed by atoms with Crippen molar-refractivity contribution in [3.8, 4) is 50.2 Å². The molecule has 0 aliphatic heterocycles. The molecule has 12 rings (SSSR count). The van der Waals surface area contributed by atoms with Crippen molar-refractivity contribution in [1.82, 2.24) is 4.57 Å². The highest BCUT2D eigenvalue weighted by Crippen LogP contribution is 2.41. The fourth-order valence-corrected chi connectivity index (χ4v) is 9.30. The van der Waals surface area contributed by atoms with Crippen molar-refractivity contribution in [3.63, 3.8) is 0 Å². The van der Waals surface area contributed by atoms with Gasteiger partial charge in [-0.05, 0) is 148 Å². The summed E-state index contributed by atoms with van der Waals surface area (Å²) in [5, 5.41) is 4.72. The van der Waals surface area contributed by atoms with E-state index in [9.17, 15) is 0 Å². The van der Waals surface area contributed by atoms with Crippen LogP contribution in [-0.2, 0) is 0 Å². The summed E-state index contributed by atoms with van der Waals surface area (Å²) in [6, 6.07) is 87.2. The second-order valence-electron chi connectivity index (χ2n) is 16.2. The Hall–Kier alpha value is -8.40. The van der Waals surface area contributed by atoms with Crippen LogP contribution in [0.4, 0.5) is 17.1 Å². The van der Waals surface area contributed by atoms with Gasteiger partial charge in [-0.1, -0.05) is 140 Å².